The van der Waals surface area contributed by atoms with Crippen LogP contribution >= 0.6 is 0 Å². The van der Waals surface area contributed by atoms with Gasteiger partial charge in [-0.05, 0) is 61.3 Å². The fourth-order valence-corrected chi connectivity index (χ4v) is 4.68. The van der Waals surface area contributed by atoms with Crippen LogP contribution in [0.25, 0.3) is 0 Å². The number of amides is 1. The highest BCUT2D eigenvalue weighted by Crippen LogP contribution is 2.45. The molecule has 0 aliphatic carbocycles. The van der Waals surface area contributed by atoms with Gasteiger partial charge in [0.15, 0.2) is 11.5 Å². The number of hydrogen-bond donors (Lipinski definition) is 0. The van der Waals surface area contributed by atoms with Crippen molar-refractivity contribution in [1.82, 2.24) is 5.28 Å². The Labute approximate surface area is 203 Å². The molecule has 0 N–H and O–H groups in total. The predicted molar refractivity (Wildman–Crippen MR) is 132 cm³/mol. The maximum atomic E-state index is 13.9. The standard InChI is InChI=1S/C26H26N4O5/c1-15-11-16(2)23(17(3)12-15)25-27-35-30-28(25)19-9-7-8-10-20(19)29(30)26(31)18-13-21(32-4)24(34-6)22(14-18)33-5/h7-14H,1-6H3. The normalized spacial score (nSPS) is 14.3. The van der Waals surface area contributed by atoms with E-state index < -0.39 is 0 Å². The molecule has 35 heavy (non-hydrogen) atoms. The van der Waals surface area contributed by atoms with Crippen molar-refractivity contribution >= 4 is 23.1 Å². The first-order chi connectivity index (χ1) is 16.9. The first kappa shape index (κ1) is 22.5. The van der Waals surface area contributed by atoms with Crippen LogP contribution in [-0.2, 0) is 4.94 Å². The molecule has 5 rings (SSSR count). The van der Waals surface area contributed by atoms with Gasteiger partial charge >= 0.3 is 0 Å². The SMILES string of the molecule is COc1cc(C(=O)N2c3ccccc3N3C(c4c(C)cc(C)cc4C)=NON23)cc(OC)c1OC. The molecule has 3 aromatic carbocycles. The van der Waals surface area contributed by atoms with Gasteiger partial charge in [0.05, 0.1) is 38.0 Å². The van der Waals surface area contributed by atoms with Crippen LogP contribution in [0.2, 0.25) is 0 Å². The van der Waals surface area contributed by atoms with Gasteiger partial charge in [-0.3, -0.25) is 9.73 Å². The molecule has 0 bridgehead atoms. The topological polar surface area (TPSA) is 76.1 Å². The Balaban J connectivity index is 1.60. The number of carbonyl (C=O) groups excluding carboxylic acids is 1. The first-order valence-corrected chi connectivity index (χ1v) is 11.1. The zero-order valence-electron chi connectivity index (χ0n) is 20.4. The molecular formula is C26H26N4O5. The predicted octanol–water partition coefficient (Wildman–Crippen LogP) is 4.54. The minimum absolute atomic E-state index is 0.330. The molecule has 2 aliphatic rings. The Bertz CT molecular complexity index is 1320. The monoisotopic (exact) mass is 474 g/mol. The Hall–Kier alpha value is -4.24. The number of aryl methyl sites for hydroxylation is 3. The smallest absolute Gasteiger partial charge is 0.277 e. The van der Waals surface area contributed by atoms with E-state index in [0.717, 1.165) is 22.4 Å². The van der Waals surface area contributed by atoms with Crippen molar-refractivity contribution in [2.45, 2.75) is 20.8 Å². The average molecular weight is 475 g/mol. The molecule has 180 valence electrons. The number of rotatable bonds is 5. The number of nitrogens with zero attached hydrogens (tertiary/aromatic N) is 4. The third-order valence-electron chi connectivity index (χ3n) is 6.09. The fraction of sp³-hybridized carbons (Fsp3) is 0.231. The molecular weight excluding hydrogens is 448 g/mol. The van der Waals surface area contributed by atoms with Gasteiger partial charge < -0.3 is 14.2 Å². The number of fused-ring (bicyclic) bond motifs is 3. The van der Waals surface area contributed by atoms with E-state index in [1.54, 1.807) is 17.1 Å². The number of para-hydroxylation sites is 2. The summed E-state index contributed by atoms with van der Waals surface area (Å²) in [6.45, 7) is 6.15. The Kier molecular flexibility index (Phi) is 5.49. The largest absolute Gasteiger partial charge is 0.493 e. The summed E-state index contributed by atoms with van der Waals surface area (Å²) in [4.78, 5) is 19.6. The number of hydrazine groups is 2. The molecule has 0 atom stereocenters. The quantitative estimate of drug-likeness (QED) is 0.537. The van der Waals surface area contributed by atoms with E-state index in [1.165, 1.54) is 37.2 Å². The van der Waals surface area contributed by atoms with Crippen LogP contribution in [0, 0.1) is 20.8 Å². The molecule has 0 radical (unpaired) electrons. The van der Waals surface area contributed by atoms with Crippen molar-refractivity contribution in [1.29, 1.82) is 0 Å². The molecule has 3 aromatic rings. The first-order valence-electron chi connectivity index (χ1n) is 11.1. The van der Waals surface area contributed by atoms with Crippen LogP contribution in [0.4, 0.5) is 11.4 Å². The van der Waals surface area contributed by atoms with Gasteiger partial charge in [-0.1, -0.05) is 29.8 Å². The van der Waals surface area contributed by atoms with Crippen molar-refractivity contribution in [3.63, 3.8) is 0 Å². The average Bonchev–Trinajstić information content (AvgIpc) is 3.40. The lowest BCUT2D eigenvalue weighted by molar-refractivity contribution is -0.135. The third kappa shape index (κ3) is 3.43. The number of carbonyl (C=O) groups is 1. The second-order valence-corrected chi connectivity index (χ2v) is 8.35. The van der Waals surface area contributed by atoms with Crippen molar-refractivity contribution in [3.05, 3.63) is 76.3 Å². The molecule has 9 nitrogen and oxygen atoms in total. The van der Waals surface area contributed by atoms with Crippen LogP contribution in [0.1, 0.15) is 32.6 Å². The molecule has 2 aliphatic heterocycles. The van der Waals surface area contributed by atoms with Crippen molar-refractivity contribution < 1.29 is 23.9 Å². The van der Waals surface area contributed by atoms with Crippen LogP contribution in [0.5, 0.6) is 17.2 Å². The summed E-state index contributed by atoms with van der Waals surface area (Å²) in [5.41, 5.74) is 6.01. The fourth-order valence-electron chi connectivity index (χ4n) is 4.68. The van der Waals surface area contributed by atoms with E-state index in [-0.39, 0.29) is 5.91 Å². The number of methoxy groups -OCH3 is 3. The molecule has 0 saturated heterocycles. The van der Waals surface area contributed by atoms with E-state index in [0.29, 0.717) is 34.3 Å². The number of benzene rings is 3. The highest BCUT2D eigenvalue weighted by atomic mass is 16.9. The highest BCUT2D eigenvalue weighted by Gasteiger charge is 2.47. The van der Waals surface area contributed by atoms with E-state index in [9.17, 15) is 4.79 Å². The van der Waals surface area contributed by atoms with E-state index in [1.807, 2.05) is 38.1 Å². The number of ether oxygens (including phenoxy) is 3. The summed E-state index contributed by atoms with van der Waals surface area (Å²) in [5.74, 6) is 1.42. The lowest BCUT2D eigenvalue weighted by Gasteiger charge is -2.25. The minimum atomic E-state index is -0.354. The van der Waals surface area contributed by atoms with Gasteiger partial charge in [-0.15, -0.1) is 0 Å². The number of oxime groups is 1. The minimum Gasteiger partial charge on any atom is -0.493 e. The van der Waals surface area contributed by atoms with Crippen molar-refractivity contribution in [2.75, 3.05) is 31.3 Å². The van der Waals surface area contributed by atoms with Gasteiger partial charge in [0.2, 0.25) is 11.6 Å². The van der Waals surface area contributed by atoms with E-state index in [4.69, 9.17) is 19.1 Å². The van der Waals surface area contributed by atoms with Gasteiger partial charge in [-0.2, -0.15) is 10.0 Å². The molecule has 0 fully saturated rings. The lowest BCUT2D eigenvalue weighted by Crippen LogP contribution is -2.49. The summed E-state index contributed by atoms with van der Waals surface area (Å²) in [6.07, 6.45) is 0. The lowest BCUT2D eigenvalue weighted by atomic mass is 9.98. The van der Waals surface area contributed by atoms with Gasteiger partial charge in [-0.25, -0.2) is 0 Å². The van der Waals surface area contributed by atoms with Crippen LogP contribution in [-0.4, -0.2) is 38.4 Å². The second-order valence-electron chi connectivity index (χ2n) is 8.35. The molecule has 0 unspecified atom stereocenters. The zero-order chi connectivity index (χ0) is 24.9. The van der Waals surface area contributed by atoms with Crippen molar-refractivity contribution in [2.24, 2.45) is 5.16 Å². The van der Waals surface area contributed by atoms with Crippen LogP contribution < -0.4 is 24.2 Å². The number of amidine groups is 1. The maximum Gasteiger partial charge on any atom is 0.277 e. The Morgan fingerprint density at radius 1 is 0.857 bits per heavy atom. The molecule has 1 amide bonds. The summed E-state index contributed by atoms with van der Waals surface area (Å²) >= 11 is 0. The third-order valence-corrected chi connectivity index (χ3v) is 6.09. The molecule has 0 saturated carbocycles. The van der Waals surface area contributed by atoms with E-state index in [2.05, 4.69) is 24.2 Å². The summed E-state index contributed by atoms with van der Waals surface area (Å²) in [5, 5.41) is 8.97. The number of anilines is 2. The van der Waals surface area contributed by atoms with Gasteiger partial charge in [0, 0.05) is 11.1 Å². The molecule has 0 aromatic heterocycles. The van der Waals surface area contributed by atoms with Crippen LogP contribution in [0.3, 0.4) is 0 Å². The van der Waals surface area contributed by atoms with E-state index >= 15 is 0 Å². The second kappa shape index (κ2) is 8.52. The van der Waals surface area contributed by atoms with Gasteiger partial charge in [0.25, 0.3) is 5.91 Å². The molecule has 0 spiro atoms. The zero-order valence-corrected chi connectivity index (χ0v) is 20.4. The van der Waals surface area contributed by atoms with Gasteiger partial charge in [0.1, 0.15) is 0 Å². The molecule has 2 heterocycles. The highest BCUT2D eigenvalue weighted by molar-refractivity contribution is 6.17. The molecule has 9 heteroatoms. The summed E-state index contributed by atoms with van der Waals surface area (Å²) < 4.78 is 16.3. The maximum absolute atomic E-state index is 13.9. The summed E-state index contributed by atoms with van der Waals surface area (Å²) in [7, 11) is 4.53. The Morgan fingerprint density at radius 2 is 1.46 bits per heavy atom. The van der Waals surface area contributed by atoms with Crippen LogP contribution in [0.15, 0.2) is 53.7 Å². The number of hydrogen-bond acceptors (Lipinski definition) is 8. The van der Waals surface area contributed by atoms with Crippen molar-refractivity contribution in [3.8, 4) is 17.2 Å². The summed E-state index contributed by atoms with van der Waals surface area (Å²) in [6, 6.07) is 15.0. The Morgan fingerprint density at radius 3 is 2.03 bits per heavy atom.